The molecule has 4 aromatic heterocycles. The minimum atomic E-state index is -5.42. The highest BCUT2D eigenvalue weighted by Crippen LogP contribution is 2.61. The summed E-state index contributed by atoms with van der Waals surface area (Å²) in [5.41, 5.74) is 2.94. The average Bonchev–Trinajstić information content (AvgIpc) is 4.38. The van der Waals surface area contributed by atoms with Crippen molar-refractivity contribution in [1.82, 2.24) is 49.7 Å². The molecule has 408 valence electrons. The zero-order chi connectivity index (χ0) is 52.7. The number of urea groups is 2. The number of rotatable bonds is 18. The van der Waals surface area contributed by atoms with Crippen molar-refractivity contribution in [3.63, 3.8) is 0 Å². The first-order valence-electron chi connectivity index (χ1n) is 25.6. The lowest BCUT2D eigenvalue weighted by molar-refractivity contribution is -0.149. The number of nitrogens with zero attached hydrogens (tertiary/aromatic N) is 8. The predicted octanol–water partition coefficient (Wildman–Crippen LogP) is 5.55. The molecule has 6 aromatic rings. The fraction of sp³-hybridized carbons (Fsp3) is 0.500. The highest BCUT2D eigenvalue weighted by atomic mass is 31.3. The Morgan fingerprint density at radius 1 is 0.558 bits per heavy atom. The van der Waals surface area contributed by atoms with Crippen molar-refractivity contribution in [2.75, 3.05) is 23.8 Å². The number of hydrogen-bond acceptors (Lipinski definition) is 19. The summed E-state index contributed by atoms with van der Waals surface area (Å²) in [6.45, 7) is -1.36. The molecule has 2 saturated carbocycles. The van der Waals surface area contributed by atoms with E-state index in [9.17, 15) is 28.5 Å². The van der Waals surface area contributed by atoms with Gasteiger partial charge in [-0.05, 0) is 36.8 Å². The molecule has 2 aliphatic carbocycles. The molecule has 29 heteroatoms. The molecule has 4 aliphatic heterocycles. The molecule has 4 saturated heterocycles. The summed E-state index contributed by atoms with van der Waals surface area (Å²) in [4.78, 5) is 74.2. The molecule has 6 N–H and O–H groups in total. The van der Waals surface area contributed by atoms with Gasteiger partial charge in [0, 0.05) is 24.9 Å². The van der Waals surface area contributed by atoms with Gasteiger partial charge in [0.05, 0.1) is 25.9 Å². The third kappa shape index (κ3) is 11.5. The van der Waals surface area contributed by atoms with Gasteiger partial charge in [0.25, 0.3) is 0 Å². The second kappa shape index (κ2) is 22.1. The zero-order valence-corrected chi connectivity index (χ0v) is 43.0. The van der Waals surface area contributed by atoms with Crippen molar-refractivity contribution >= 4 is 61.7 Å². The maximum Gasteiger partial charge on any atom is 0.481 e. The summed E-state index contributed by atoms with van der Waals surface area (Å²) in [6, 6.07) is 18.2. The quantitative estimate of drug-likeness (QED) is 0.0575. The van der Waals surface area contributed by atoms with E-state index in [-0.39, 0.29) is 46.0 Å². The van der Waals surface area contributed by atoms with E-state index in [1.165, 1.54) is 25.3 Å². The Bertz CT molecular complexity index is 2960. The first kappa shape index (κ1) is 51.8. The highest BCUT2D eigenvalue weighted by Gasteiger charge is 2.56. The summed E-state index contributed by atoms with van der Waals surface area (Å²) in [5.74, 6) is 0.333. The van der Waals surface area contributed by atoms with E-state index >= 15 is 0 Å². The third-order valence-electron chi connectivity index (χ3n) is 14.4. The van der Waals surface area contributed by atoms with Crippen molar-refractivity contribution in [2.24, 2.45) is 0 Å². The lowest BCUT2D eigenvalue weighted by Gasteiger charge is -2.23. The third-order valence-corrected chi connectivity index (χ3v) is 17.0. The summed E-state index contributed by atoms with van der Waals surface area (Å²) >= 11 is 0. The summed E-state index contributed by atoms with van der Waals surface area (Å²) in [7, 11) is -10.8. The molecule has 12 rings (SSSR count). The lowest BCUT2D eigenvalue weighted by atomic mass is 10.1. The maximum atomic E-state index is 13.6. The molecule has 6 fully saturated rings. The number of imidazole rings is 2. The molecule has 4 unspecified atom stereocenters. The Labute approximate surface area is 439 Å². The number of ether oxygens (including phenoxy) is 6. The lowest BCUT2D eigenvalue weighted by Crippen LogP contribution is -2.36. The van der Waals surface area contributed by atoms with Crippen LogP contribution < -0.4 is 21.3 Å². The van der Waals surface area contributed by atoms with Crippen LogP contribution in [0.1, 0.15) is 74.9 Å². The molecule has 6 aliphatic rings. The van der Waals surface area contributed by atoms with Gasteiger partial charge in [0.1, 0.15) is 49.3 Å². The van der Waals surface area contributed by atoms with Crippen LogP contribution in [0.3, 0.4) is 0 Å². The van der Waals surface area contributed by atoms with Crippen LogP contribution in [-0.2, 0) is 63.8 Å². The minimum absolute atomic E-state index is 0.0617. The van der Waals surface area contributed by atoms with Crippen LogP contribution in [0.25, 0.3) is 22.3 Å². The van der Waals surface area contributed by atoms with Crippen LogP contribution in [0, 0.1) is 0 Å². The molecular formula is C48H56N12O15P2. The van der Waals surface area contributed by atoms with Crippen LogP contribution in [-0.4, -0.2) is 135 Å². The zero-order valence-electron chi connectivity index (χ0n) is 41.2. The fourth-order valence-electron chi connectivity index (χ4n) is 10.9. The number of hydrogen-bond donors (Lipinski definition) is 6. The molecule has 77 heavy (non-hydrogen) atoms. The van der Waals surface area contributed by atoms with E-state index in [4.69, 9.17) is 41.8 Å². The Balaban J connectivity index is 0.722. The first-order valence-corrected chi connectivity index (χ1v) is 28.5. The summed E-state index contributed by atoms with van der Waals surface area (Å²) in [6.07, 6.45) is 4.59. The van der Waals surface area contributed by atoms with Gasteiger partial charge in [0.2, 0.25) is 0 Å². The van der Waals surface area contributed by atoms with Gasteiger partial charge in [-0.25, -0.2) is 48.6 Å². The number of carbonyl (C=O) groups is 2. The monoisotopic (exact) mass is 1100 g/mol. The molecule has 2 aromatic carbocycles. The Hall–Kier alpha value is -5.90. The van der Waals surface area contributed by atoms with Crippen LogP contribution in [0.5, 0.6) is 0 Å². The van der Waals surface area contributed by atoms with Gasteiger partial charge >= 0.3 is 27.7 Å². The number of benzene rings is 2. The van der Waals surface area contributed by atoms with Gasteiger partial charge in [0.15, 0.2) is 59.0 Å². The number of aromatic nitrogens is 8. The van der Waals surface area contributed by atoms with Crippen LogP contribution in [0.2, 0.25) is 0 Å². The second-order valence-corrected chi connectivity index (χ2v) is 22.7. The number of carbonyl (C=O) groups excluding carboxylic acids is 2. The summed E-state index contributed by atoms with van der Waals surface area (Å²) in [5, 5.41) is 11.5. The van der Waals surface area contributed by atoms with Crippen molar-refractivity contribution < 1.29 is 70.3 Å². The van der Waals surface area contributed by atoms with Gasteiger partial charge in [-0.15, -0.1) is 0 Å². The largest absolute Gasteiger partial charge is 0.481 e. The number of fused-ring (bicyclic) bond motifs is 4. The topological polar surface area (TPSA) is 327 Å². The SMILES string of the molecule is O=C(Nc1ncnc2c1ncn2[C@@H]1O[C@H](COP(=O)(O)OP(=O)(O)OC[C@H]2O[C@@H](n3cnc4c(NC(=O)NC5CCCC5)ncnc43)[C@@H]3OC(Cc4ccccc4)O[C@@H]32)[C@H]2OC(Cc3ccccc3)O[C@H]21)NC1CCCC1. The van der Waals surface area contributed by atoms with E-state index in [0.717, 1.165) is 62.5 Å². The molecule has 0 radical (unpaired) electrons. The standard InChI is InChI=1S/C48H56N12O15P2/c61-47(55-29-15-7-8-16-29)57-41-35-43(51-23-49-41)59(25-53-35)45-39-37(71-33(73-39)19-27-11-3-1-4-12-27)31(69-45)21-67-76(63,64)75-77(65,66)68-22-32-38-40(74-34(72-38)20-28-13-5-2-6-14-28)46(70-32)60-26-54-36-42(50-24-52-44(36)60)58-48(62)56-30-17-9-10-18-30/h1-6,11-14,23-26,29-34,37-40,45-46H,7-10,15-22H2,(H,63,64)(H,65,66)(H2,49,51,55,57,61)(H2,50,52,56,58,62)/t31-,32-,33?,34?,37-,38-,39-,40-,45-,46-/m1/s1. The highest BCUT2D eigenvalue weighted by molar-refractivity contribution is 7.61. The fourth-order valence-corrected chi connectivity index (χ4v) is 13.0. The molecule has 0 bridgehead atoms. The first-order chi connectivity index (χ1) is 37.4. The summed E-state index contributed by atoms with van der Waals surface area (Å²) < 4.78 is 84.2. The van der Waals surface area contributed by atoms with E-state index < -0.39 is 103 Å². The number of anilines is 2. The number of nitrogens with one attached hydrogen (secondary N) is 4. The smallest absolute Gasteiger partial charge is 0.347 e. The Kier molecular flexibility index (Phi) is 14.9. The number of phosphoric ester groups is 2. The van der Waals surface area contributed by atoms with E-state index in [2.05, 4.69) is 51.2 Å². The molecule has 12 atom stereocenters. The van der Waals surface area contributed by atoms with Gasteiger partial charge in [-0.3, -0.25) is 28.8 Å². The predicted molar refractivity (Wildman–Crippen MR) is 267 cm³/mol. The molecule has 27 nitrogen and oxygen atoms in total. The molecule has 0 spiro atoms. The molecule has 8 heterocycles. The van der Waals surface area contributed by atoms with Crippen molar-refractivity contribution in [2.45, 2.75) is 138 Å². The Morgan fingerprint density at radius 3 is 1.38 bits per heavy atom. The Morgan fingerprint density at radius 2 is 0.961 bits per heavy atom. The van der Waals surface area contributed by atoms with Crippen molar-refractivity contribution in [1.29, 1.82) is 0 Å². The van der Waals surface area contributed by atoms with Gasteiger partial charge in [-0.1, -0.05) is 86.3 Å². The van der Waals surface area contributed by atoms with Gasteiger partial charge in [-0.2, -0.15) is 4.31 Å². The maximum absolute atomic E-state index is 13.6. The van der Waals surface area contributed by atoms with Gasteiger partial charge < -0.3 is 48.8 Å². The average molecular weight is 1100 g/mol. The van der Waals surface area contributed by atoms with Crippen LogP contribution in [0.15, 0.2) is 86.0 Å². The van der Waals surface area contributed by atoms with Crippen LogP contribution in [0.4, 0.5) is 21.2 Å². The second-order valence-electron chi connectivity index (χ2n) is 19.6. The number of amides is 4. The van der Waals surface area contributed by atoms with Crippen molar-refractivity contribution in [3.8, 4) is 0 Å². The normalized spacial score (nSPS) is 28.9. The molecule has 4 amide bonds. The van der Waals surface area contributed by atoms with E-state index in [1.807, 2.05) is 60.7 Å². The van der Waals surface area contributed by atoms with Crippen LogP contribution >= 0.6 is 15.6 Å². The van der Waals surface area contributed by atoms with E-state index in [0.29, 0.717) is 12.8 Å². The number of phosphoric acid groups is 2. The molecular weight excluding hydrogens is 1050 g/mol. The van der Waals surface area contributed by atoms with Crippen molar-refractivity contribution in [3.05, 3.63) is 97.1 Å². The van der Waals surface area contributed by atoms with E-state index in [1.54, 1.807) is 9.13 Å². The minimum Gasteiger partial charge on any atom is -0.347 e.